The Bertz CT molecular complexity index is 1110. The van der Waals surface area contributed by atoms with E-state index < -0.39 is 0 Å². The fourth-order valence-electron chi connectivity index (χ4n) is 4.36. The molecule has 2 aliphatic rings. The Kier molecular flexibility index (Phi) is 5.65. The van der Waals surface area contributed by atoms with E-state index in [0.29, 0.717) is 29.6 Å². The molecule has 160 valence electrons. The molecule has 31 heavy (non-hydrogen) atoms. The molecule has 8 heteroatoms. The molecule has 4 heterocycles. The van der Waals surface area contributed by atoms with Crippen LogP contribution in [0.1, 0.15) is 31.4 Å². The largest absolute Gasteiger partial charge is 0.458 e. The van der Waals surface area contributed by atoms with Gasteiger partial charge in [-0.3, -0.25) is 9.69 Å². The predicted octanol–water partition coefficient (Wildman–Crippen LogP) is 4.54. The topological polar surface area (TPSA) is 84.2 Å². The number of thiazole rings is 1. The van der Waals surface area contributed by atoms with Crippen LogP contribution in [0.25, 0.3) is 22.3 Å². The number of allylic oxidation sites excluding steroid dienone is 1. The molecule has 1 aliphatic carbocycles. The van der Waals surface area contributed by atoms with E-state index >= 15 is 0 Å². The van der Waals surface area contributed by atoms with Crippen LogP contribution >= 0.6 is 11.3 Å². The lowest BCUT2D eigenvalue weighted by atomic mass is 9.82. The number of rotatable bonds is 5. The minimum Gasteiger partial charge on any atom is -0.458 e. The van der Waals surface area contributed by atoms with E-state index in [9.17, 15) is 4.79 Å². The quantitative estimate of drug-likeness (QED) is 0.593. The number of likely N-dealkylation sites (tertiary alicyclic amines) is 1. The molecule has 0 bridgehead atoms. The highest BCUT2D eigenvalue weighted by molar-refractivity contribution is 7.13. The van der Waals surface area contributed by atoms with Gasteiger partial charge in [-0.05, 0) is 57.2 Å². The van der Waals surface area contributed by atoms with Crippen molar-refractivity contribution in [3.8, 4) is 22.3 Å². The van der Waals surface area contributed by atoms with Crippen molar-refractivity contribution >= 4 is 23.1 Å². The number of aryl methyl sites for hydroxylation is 1. The summed E-state index contributed by atoms with van der Waals surface area (Å²) in [6.07, 6.45) is 9.01. The van der Waals surface area contributed by atoms with Crippen LogP contribution in [0.5, 0.6) is 0 Å². The van der Waals surface area contributed by atoms with Crippen molar-refractivity contribution < 1.29 is 9.21 Å². The number of hydrogen-bond donors (Lipinski definition) is 1. The molecule has 3 aromatic rings. The van der Waals surface area contributed by atoms with E-state index in [0.717, 1.165) is 36.2 Å². The summed E-state index contributed by atoms with van der Waals surface area (Å²) in [5.74, 6) is 2.89. The normalized spacial score (nSPS) is 19.0. The molecule has 3 aromatic heterocycles. The SMILES string of the molecule is Cc1ccc(-c2nc(NC(=O)CN3CCC4CCCC=C4C3)cc(-c3nccs3)n2)o1. The predicted molar refractivity (Wildman–Crippen MR) is 121 cm³/mol. The van der Waals surface area contributed by atoms with Gasteiger partial charge in [-0.2, -0.15) is 0 Å². The highest BCUT2D eigenvalue weighted by atomic mass is 32.1. The van der Waals surface area contributed by atoms with E-state index in [4.69, 9.17) is 4.42 Å². The first-order valence-corrected chi connectivity index (χ1v) is 11.6. The summed E-state index contributed by atoms with van der Waals surface area (Å²) in [6.45, 7) is 4.08. The van der Waals surface area contributed by atoms with Crippen molar-refractivity contribution in [2.24, 2.45) is 5.92 Å². The number of aromatic nitrogens is 3. The molecule has 1 fully saturated rings. The molecular formula is C23H25N5O2S. The summed E-state index contributed by atoms with van der Waals surface area (Å²) in [7, 11) is 0. The van der Waals surface area contributed by atoms with Crippen LogP contribution < -0.4 is 5.32 Å². The Morgan fingerprint density at radius 2 is 2.26 bits per heavy atom. The molecule has 1 saturated heterocycles. The lowest BCUT2D eigenvalue weighted by Crippen LogP contribution is -2.41. The van der Waals surface area contributed by atoms with Gasteiger partial charge in [-0.25, -0.2) is 15.0 Å². The number of carbonyl (C=O) groups excluding carboxylic acids is 1. The van der Waals surface area contributed by atoms with Gasteiger partial charge in [0.2, 0.25) is 5.91 Å². The zero-order chi connectivity index (χ0) is 21.2. The number of nitrogens with zero attached hydrogens (tertiary/aromatic N) is 4. The van der Waals surface area contributed by atoms with Crippen molar-refractivity contribution in [1.29, 1.82) is 0 Å². The number of nitrogens with one attached hydrogen (secondary N) is 1. The number of fused-ring (bicyclic) bond motifs is 1. The second-order valence-corrected chi connectivity index (χ2v) is 9.06. The molecule has 1 N–H and O–H groups in total. The van der Waals surface area contributed by atoms with Gasteiger partial charge in [0.05, 0.1) is 6.54 Å². The van der Waals surface area contributed by atoms with Gasteiger partial charge in [-0.15, -0.1) is 11.3 Å². The van der Waals surface area contributed by atoms with Crippen molar-refractivity contribution in [3.05, 3.63) is 47.2 Å². The van der Waals surface area contributed by atoms with E-state index in [-0.39, 0.29) is 5.91 Å². The fraction of sp³-hybridized carbons (Fsp3) is 0.391. The highest BCUT2D eigenvalue weighted by Gasteiger charge is 2.26. The molecule has 5 rings (SSSR count). The zero-order valence-corrected chi connectivity index (χ0v) is 18.3. The van der Waals surface area contributed by atoms with Gasteiger partial charge in [0, 0.05) is 24.2 Å². The molecular weight excluding hydrogens is 410 g/mol. The monoisotopic (exact) mass is 435 g/mol. The van der Waals surface area contributed by atoms with Crippen LogP contribution in [0, 0.1) is 12.8 Å². The van der Waals surface area contributed by atoms with Gasteiger partial charge >= 0.3 is 0 Å². The summed E-state index contributed by atoms with van der Waals surface area (Å²) < 4.78 is 5.70. The van der Waals surface area contributed by atoms with Crippen molar-refractivity contribution in [1.82, 2.24) is 19.9 Å². The van der Waals surface area contributed by atoms with Crippen LogP contribution in [-0.4, -0.2) is 45.4 Å². The Balaban J connectivity index is 1.34. The van der Waals surface area contributed by atoms with Crippen LogP contribution in [-0.2, 0) is 4.79 Å². The van der Waals surface area contributed by atoms with Gasteiger partial charge in [-0.1, -0.05) is 11.6 Å². The lowest BCUT2D eigenvalue weighted by molar-refractivity contribution is -0.117. The molecule has 1 amide bonds. The van der Waals surface area contributed by atoms with Gasteiger partial charge in [0.1, 0.15) is 22.3 Å². The van der Waals surface area contributed by atoms with Gasteiger partial charge in [0.25, 0.3) is 0 Å². The van der Waals surface area contributed by atoms with Crippen LogP contribution in [0.4, 0.5) is 5.82 Å². The van der Waals surface area contributed by atoms with E-state index in [1.54, 1.807) is 12.3 Å². The third kappa shape index (κ3) is 4.60. The summed E-state index contributed by atoms with van der Waals surface area (Å²) in [5.41, 5.74) is 2.17. The number of hydrogen-bond acceptors (Lipinski definition) is 7. The first kappa shape index (κ1) is 20.1. The highest BCUT2D eigenvalue weighted by Crippen LogP contribution is 2.32. The maximum atomic E-state index is 12.8. The van der Waals surface area contributed by atoms with E-state index in [1.807, 2.05) is 24.4 Å². The number of amides is 1. The van der Waals surface area contributed by atoms with Gasteiger partial charge < -0.3 is 9.73 Å². The summed E-state index contributed by atoms with van der Waals surface area (Å²) in [4.78, 5) is 28.5. The smallest absolute Gasteiger partial charge is 0.239 e. The van der Waals surface area contributed by atoms with Crippen LogP contribution in [0.3, 0.4) is 0 Å². The maximum Gasteiger partial charge on any atom is 0.239 e. The Hall–Kier alpha value is -2.84. The average Bonchev–Trinajstić information content (AvgIpc) is 3.45. The zero-order valence-electron chi connectivity index (χ0n) is 17.5. The first-order chi connectivity index (χ1) is 15.1. The molecule has 0 saturated carbocycles. The summed E-state index contributed by atoms with van der Waals surface area (Å²) in [5, 5.41) is 5.64. The van der Waals surface area contributed by atoms with Gasteiger partial charge in [0.15, 0.2) is 11.6 Å². The molecule has 0 aromatic carbocycles. The third-order valence-electron chi connectivity index (χ3n) is 5.86. The standard InChI is InChI=1S/C23H25N5O2S/c1-15-6-7-19(30-15)22-25-18(23-24-9-11-31-23)12-20(27-22)26-21(29)14-28-10-8-16-4-2-3-5-17(16)13-28/h5-7,9,11-12,16H,2-4,8,10,13-14H2,1H3,(H,25,26,27,29). The number of furan rings is 1. The lowest BCUT2D eigenvalue weighted by Gasteiger charge is -2.35. The number of piperidine rings is 1. The maximum absolute atomic E-state index is 12.8. The van der Waals surface area contributed by atoms with E-state index in [1.165, 1.54) is 36.2 Å². The minimum atomic E-state index is -0.0692. The Morgan fingerprint density at radius 3 is 3.06 bits per heavy atom. The second-order valence-electron chi connectivity index (χ2n) is 8.16. The summed E-state index contributed by atoms with van der Waals surface area (Å²) >= 11 is 1.49. The molecule has 1 unspecified atom stereocenters. The molecule has 1 aliphatic heterocycles. The number of carbonyl (C=O) groups is 1. The van der Waals surface area contributed by atoms with E-state index in [2.05, 4.69) is 31.2 Å². The molecule has 1 atom stereocenters. The second kappa shape index (κ2) is 8.72. The third-order valence-corrected chi connectivity index (χ3v) is 6.66. The molecule has 0 radical (unpaired) electrons. The first-order valence-electron chi connectivity index (χ1n) is 10.7. The Morgan fingerprint density at radius 1 is 1.32 bits per heavy atom. The Labute approximate surface area is 185 Å². The van der Waals surface area contributed by atoms with Crippen molar-refractivity contribution in [3.63, 3.8) is 0 Å². The van der Waals surface area contributed by atoms with Crippen molar-refractivity contribution in [2.45, 2.75) is 32.6 Å². The summed E-state index contributed by atoms with van der Waals surface area (Å²) in [6, 6.07) is 5.48. The van der Waals surface area contributed by atoms with Crippen LogP contribution in [0.2, 0.25) is 0 Å². The fourth-order valence-corrected chi connectivity index (χ4v) is 4.96. The number of anilines is 1. The minimum absolute atomic E-state index is 0.0692. The average molecular weight is 436 g/mol. The van der Waals surface area contributed by atoms with Crippen molar-refractivity contribution in [2.75, 3.05) is 25.0 Å². The molecule has 0 spiro atoms. The molecule has 7 nitrogen and oxygen atoms in total. The van der Waals surface area contributed by atoms with Crippen LogP contribution in [0.15, 0.2) is 45.8 Å².